The van der Waals surface area contributed by atoms with E-state index in [2.05, 4.69) is 264 Å². The molecule has 2 aliphatic heterocycles. The van der Waals surface area contributed by atoms with E-state index < -0.39 is 0 Å². The van der Waals surface area contributed by atoms with Crippen LogP contribution in [0.15, 0.2) is 140 Å². The summed E-state index contributed by atoms with van der Waals surface area (Å²) in [4.78, 5) is 5.65. The van der Waals surface area contributed by atoms with E-state index in [0.717, 1.165) is 22.4 Å². The molecular formula is C71H73BN4. The molecule has 0 aliphatic carbocycles. The lowest BCUT2D eigenvalue weighted by Gasteiger charge is -2.36. The van der Waals surface area contributed by atoms with E-state index in [-0.39, 0.29) is 40.2 Å². The normalized spacial score (nSPS) is 13.7. The Morgan fingerprint density at radius 1 is 0.408 bits per heavy atom. The highest BCUT2D eigenvalue weighted by Gasteiger charge is 2.43. The highest BCUT2D eigenvalue weighted by Crippen LogP contribution is 2.47. The van der Waals surface area contributed by atoms with Crippen molar-refractivity contribution in [2.45, 2.75) is 144 Å². The summed E-state index contributed by atoms with van der Waals surface area (Å²) in [5.41, 5.74) is 26.6. The summed E-state index contributed by atoms with van der Waals surface area (Å²) in [7, 11) is 0. The molecule has 0 N–H and O–H groups in total. The van der Waals surface area contributed by atoms with Gasteiger partial charge in [0.2, 0.25) is 0 Å². The maximum atomic E-state index is 5.65. The fourth-order valence-electron chi connectivity index (χ4n) is 13.1. The van der Waals surface area contributed by atoms with Gasteiger partial charge in [0.25, 0.3) is 6.71 Å². The van der Waals surface area contributed by atoms with Crippen molar-refractivity contribution in [1.29, 1.82) is 0 Å². The topological polar surface area (TPSA) is 27.7 Å². The highest BCUT2D eigenvalue weighted by atomic mass is 15.1. The smallest absolute Gasteiger partial charge is 0.252 e. The zero-order valence-electron chi connectivity index (χ0n) is 47.8. The van der Waals surface area contributed by atoms with E-state index in [0.29, 0.717) is 0 Å². The minimum Gasteiger partial charge on any atom is -0.310 e. The summed E-state index contributed by atoms with van der Waals surface area (Å²) in [5.74, 6) is 1.54. The summed E-state index contributed by atoms with van der Waals surface area (Å²) >= 11 is 0. The fraction of sp³-hybridized carbons (Fsp3) is 0.310. The van der Waals surface area contributed by atoms with Crippen molar-refractivity contribution in [2.75, 3.05) is 0 Å². The number of imidazole rings is 1. The molecule has 13 rings (SSSR count). The van der Waals surface area contributed by atoms with Crippen LogP contribution in [0.5, 0.6) is 0 Å². The van der Waals surface area contributed by atoms with Gasteiger partial charge >= 0.3 is 0 Å². The molecule has 8 aromatic carbocycles. The van der Waals surface area contributed by atoms with Gasteiger partial charge in [0.15, 0.2) is 0 Å². The van der Waals surface area contributed by atoms with E-state index in [1.807, 2.05) is 0 Å². The first kappa shape index (κ1) is 48.5. The summed E-state index contributed by atoms with van der Waals surface area (Å²) in [6.07, 6.45) is 0. The third-order valence-electron chi connectivity index (χ3n) is 17.4. The predicted molar refractivity (Wildman–Crippen MR) is 328 cm³/mol. The molecule has 0 saturated heterocycles. The molecule has 0 saturated carbocycles. The van der Waals surface area contributed by atoms with Crippen LogP contribution in [0, 0.1) is 0 Å². The van der Waals surface area contributed by atoms with Gasteiger partial charge in [0, 0.05) is 55.1 Å². The van der Waals surface area contributed by atoms with Crippen molar-refractivity contribution in [3.63, 3.8) is 0 Å². The molecule has 0 radical (unpaired) electrons. The third-order valence-corrected chi connectivity index (χ3v) is 17.4. The van der Waals surface area contributed by atoms with Crippen LogP contribution in [-0.4, -0.2) is 25.4 Å². The van der Waals surface area contributed by atoms with Gasteiger partial charge in [0.05, 0.1) is 27.8 Å². The van der Waals surface area contributed by atoms with Crippen molar-refractivity contribution >= 4 is 77.7 Å². The predicted octanol–water partition coefficient (Wildman–Crippen LogP) is 17.1. The number of aromatic nitrogens is 4. The van der Waals surface area contributed by atoms with Crippen molar-refractivity contribution in [2.24, 2.45) is 0 Å². The third kappa shape index (κ3) is 7.06. The molecule has 0 fully saturated rings. The van der Waals surface area contributed by atoms with Crippen molar-refractivity contribution < 1.29 is 0 Å². The second-order valence-electron chi connectivity index (χ2n) is 27.3. The Kier molecular flexibility index (Phi) is 10.4. The van der Waals surface area contributed by atoms with Gasteiger partial charge in [-0.15, -0.1) is 0 Å². The second-order valence-corrected chi connectivity index (χ2v) is 27.3. The number of nitrogens with zero attached hydrogens (tertiary/aromatic N) is 4. The van der Waals surface area contributed by atoms with Gasteiger partial charge in [-0.3, -0.25) is 4.57 Å². The molecule has 0 amide bonds. The largest absolute Gasteiger partial charge is 0.310 e. The van der Waals surface area contributed by atoms with Crippen LogP contribution in [0.25, 0.3) is 94.2 Å². The molecule has 0 spiro atoms. The Balaban J connectivity index is 1.25. The minimum atomic E-state index is -0.0763. The first-order chi connectivity index (χ1) is 35.9. The molecule has 3 aromatic heterocycles. The van der Waals surface area contributed by atoms with E-state index in [1.54, 1.807) is 0 Å². The van der Waals surface area contributed by atoms with Crippen LogP contribution in [0.1, 0.15) is 156 Å². The van der Waals surface area contributed by atoms with Gasteiger partial charge in [-0.25, -0.2) is 4.98 Å². The zero-order chi connectivity index (χ0) is 53.4. The van der Waals surface area contributed by atoms with Gasteiger partial charge in [-0.05, 0) is 143 Å². The molecule has 0 bridgehead atoms. The standard InChI is InChI=1S/C71H73BN4/c1-40(2)48-24-20-25-49(41(3)4)63(48)76-66-50(26-21-27-57(66)73-67(76)42-22-18-17-19-23-42)43-32-60-62-61(33-43)75-59-31-29-45(69(8,9)10)35-52(59)54-37-47(71(14,15)16)39-56(65(54)75)72(62)55-38-46(70(11,12)13)36-53-51-34-44(68(5,6)7)28-30-58(51)74(60)64(53)55/h17-41H,1-16H3. The summed E-state index contributed by atoms with van der Waals surface area (Å²) in [6, 6.07) is 54.7. The summed E-state index contributed by atoms with van der Waals surface area (Å²) < 4.78 is 7.89. The lowest BCUT2D eigenvalue weighted by atomic mass is 9.34. The SMILES string of the molecule is CC(C)c1cccc(C(C)C)c1-n1c(-c2ccccc2)nc2cccc(-c3cc4c5c(c3)-n3c6ccc(C(C)(C)C)cc6c6cc(C(C)(C)C)cc(c63)B5c3cc(C(C)(C)C)cc5c6cc(C(C)(C)C)ccc6n-4c35)c21. The van der Waals surface area contributed by atoms with E-state index in [9.17, 15) is 0 Å². The number of para-hydroxylation sites is 2. The molecule has 4 nitrogen and oxygen atoms in total. The average Bonchev–Trinajstić information content (AvgIpc) is 4.24. The monoisotopic (exact) mass is 993 g/mol. The maximum absolute atomic E-state index is 5.65. The Bertz CT molecular complexity index is 4050. The summed E-state index contributed by atoms with van der Waals surface area (Å²) in [5, 5.41) is 5.31. The minimum absolute atomic E-state index is 0.0102. The van der Waals surface area contributed by atoms with Crippen LogP contribution in [0.4, 0.5) is 0 Å². The van der Waals surface area contributed by atoms with Crippen LogP contribution >= 0.6 is 0 Å². The van der Waals surface area contributed by atoms with Crippen molar-refractivity contribution in [3.05, 3.63) is 173 Å². The maximum Gasteiger partial charge on any atom is 0.252 e. The Labute approximate surface area is 450 Å². The van der Waals surface area contributed by atoms with E-state index in [4.69, 9.17) is 4.98 Å². The lowest BCUT2D eigenvalue weighted by Crippen LogP contribution is -2.59. The second kappa shape index (κ2) is 16.2. The Morgan fingerprint density at radius 2 is 0.868 bits per heavy atom. The molecule has 0 unspecified atom stereocenters. The Hall–Kier alpha value is -7.11. The molecule has 76 heavy (non-hydrogen) atoms. The number of fused-ring (bicyclic) bond motifs is 11. The molecule has 5 heterocycles. The molecule has 0 atom stereocenters. The number of hydrogen-bond donors (Lipinski definition) is 0. The van der Waals surface area contributed by atoms with Gasteiger partial charge < -0.3 is 9.13 Å². The van der Waals surface area contributed by atoms with Crippen LogP contribution in [0.2, 0.25) is 0 Å². The van der Waals surface area contributed by atoms with Gasteiger partial charge in [0.1, 0.15) is 5.82 Å². The number of rotatable bonds is 5. The van der Waals surface area contributed by atoms with Gasteiger partial charge in [-0.1, -0.05) is 196 Å². The molecule has 5 heteroatoms. The van der Waals surface area contributed by atoms with Crippen LogP contribution in [0.3, 0.4) is 0 Å². The highest BCUT2D eigenvalue weighted by molar-refractivity contribution is 7.00. The van der Waals surface area contributed by atoms with E-state index >= 15 is 0 Å². The molecule has 11 aromatic rings. The molecule has 380 valence electrons. The van der Waals surface area contributed by atoms with Crippen molar-refractivity contribution in [1.82, 2.24) is 18.7 Å². The van der Waals surface area contributed by atoms with Crippen LogP contribution in [-0.2, 0) is 21.7 Å². The fourth-order valence-corrected chi connectivity index (χ4v) is 13.1. The van der Waals surface area contributed by atoms with Crippen LogP contribution < -0.4 is 16.4 Å². The van der Waals surface area contributed by atoms with E-state index in [1.165, 1.54) is 122 Å². The lowest BCUT2D eigenvalue weighted by molar-refractivity contribution is 0.590. The molecular weight excluding hydrogens is 920 g/mol. The zero-order valence-corrected chi connectivity index (χ0v) is 47.8. The van der Waals surface area contributed by atoms with Gasteiger partial charge in [-0.2, -0.15) is 0 Å². The average molecular weight is 993 g/mol. The number of benzene rings is 8. The number of hydrogen-bond acceptors (Lipinski definition) is 1. The first-order valence-corrected chi connectivity index (χ1v) is 28.1. The van der Waals surface area contributed by atoms with Crippen molar-refractivity contribution in [3.8, 4) is 39.6 Å². The quantitative estimate of drug-likeness (QED) is 0.158. The summed E-state index contributed by atoms with van der Waals surface area (Å²) in [6.45, 7) is 37.7. The first-order valence-electron chi connectivity index (χ1n) is 28.1. The molecule has 2 aliphatic rings. The Morgan fingerprint density at radius 3 is 1.33 bits per heavy atom.